The third kappa shape index (κ3) is 3.42. The van der Waals surface area contributed by atoms with Gasteiger partial charge < -0.3 is 4.74 Å². The lowest BCUT2D eigenvalue weighted by molar-refractivity contribution is 0.0896. The van der Waals surface area contributed by atoms with Gasteiger partial charge in [-0.3, -0.25) is 0 Å². The second kappa shape index (κ2) is 6.81. The minimum Gasteiger partial charge on any atom is -0.490 e. The molecule has 1 aromatic carbocycles. The molecule has 1 aliphatic rings. The van der Waals surface area contributed by atoms with Crippen molar-refractivity contribution in [2.24, 2.45) is 5.92 Å². The summed E-state index contributed by atoms with van der Waals surface area (Å²) >= 11 is 9.46. The van der Waals surface area contributed by atoms with Gasteiger partial charge in [-0.1, -0.05) is 29.3 Å². The molecule has 1 nitrogen and oxygen atoms in total. The first-order valence-corrected chi connectivity index (χ1v) is 8.08. The van der Waals surface area contributed by atoms with Crippen LogP contribution >= 0.6 is 27.5 Å². The zero-order valence-electron chi connectivity index (χ0n) is 10.8. The average Bonchev–Trinajstić information content (AvgIpc) is 2.41. The Bertz CT molecular complexity index is 394. The Hall–Kier alpha value is -0.210. The van der Waals surface area contributed by atoms with E-state index >= 15 is 0 Å². The molecule has 0 aromatic heterocycles. The number of hydrogen-bond donors (Lipinski definition) is 0. The Labute approximate surface area is 123 Å². The standard InChI is InChI=1S/C15H20BrClO/c1-2-11-5-3-4-6-14(11)18-15-8-7-13(16)9-12(15)10-17/h7-9,11,14H,2-6,10H2,1H3. The van der Waals surface area contributed by atoms with Crippen LogP contribution in [0.4, 0.5) is 0 Å². The topological polar surface area (TPSA) is 9.23 Å². The Morgan fingerprint density at radius 3 is 2.83 bits per heavy atom. The van der Waals surface area contributed by atoms with Gasteiger partial charge >= 0.3 is 0 Å². The van der Waals surface area contributed by atoms with Gasteiger partial charge in [0.05, 0.1) is 5.88 Å². The molecule has 2 atom stereocenters. The van der Waals surface area contributed by atoms with E-state index in [-0.39, 0.29) is 0 Å². The highest BCUT2D eigenvalue weighted by molar-refractivity contribution is 9.10. The summed E-state index contributed by atoms with van der Waals surface area (Å²) in [6, 6.07) is 6.10. The van der Waals surface area contributed by atoms with Crippen molar-refractivity contribution in [3.05, 3.63) is 28.2 Å². The lowest BCUT2D eigenvalue weighted by Crippen LogP contribution is -2.30. The van der Waals surface area contributed by atoms with Crippen LogP contribution in [0.3, 0.4) is 0 Å². The van der Waals surface area contributed by atoms with Gasteiger partial charge in [0.1, 0.15) is 11.9 Å². The lowest BCUT2D eigenvalue weighted by Gasteiger charge is -2.31. The second-order valence-electron chi connectivity index (χ2n) is 4.99. The molecule has 0 heterocycles. The van der Waals surface area contributed by atoms with Crippen molar-refractivity contribution in [3.8, 4) is 5.75 Å². The third-order valence-corrected chi connectivity index (χ3v) is 4.59. The molecule has 1 fully saturated rings. The smallest absolute Gasteiger partial charge is 0.124 e. The van der Waals surface area contributed by atoms with E-state index < -0.39 is 0 Å². The zero-order chi connectivity index (χ0) is 13.0. The molecular formula is C15H20BrClO. The predicted molar refractivity (Wildman–Crippen MR) is 80.4 cm³/mol. The molecule has 0 saturated heterocycles. The summed E-state index contributed by atoms with van der Waals surface area (Å²) in [5.41, 5.74) is 1.08. The van der Waals surface area contributed by atoms with Crippen molar-refractivity contribution in [2.75, 3.05) is 0 Å². The summed E-state index contributed by atoms with van der Waals surface area (Å²) < 4.78 is 7.29. The molecule has 100 valence electrons. The normalized spacial score (nSPS) is 23.9. The molecule has 2 rings (SSSR count). The van der Waals surface area contributed by atoms with E-state index in [1.807, 2.05) is 18.2 Å². The Morgan fingerprint density at radius 1 is 1.33 bits per heavy atom. The summed E-state index contributed by atoms with van der Waals surface area (Å²) in [6.07, 6.45) is 6.68. The van der Waals surface area contributed by atoms with E-state index in [9.17, 15) is 0 Å². The maximum atomic E-state index is 6.23. The number of hydrogen-bond acceptors (Lipinski definition) is 1. The highest BCUT2D eigenvalue weighted by Crippen LogP contribution is 2.33. The van der Waals surface area contributed by atoms with Crippen molar-refractivity contribution >= 4 is 27.5 Å². The summed E-state index contributed by atoms with van der Waals surface area (Å²) in [6.45, 7) is 2.26. The number of halogens is 2. The molecule has 1 aromatic rings. The quantitative estimate of drug-likeness (QED) is 0.659. The number of benzene rings is 1. The fraction of sp³-hybridized carbons (Fsp3) is 0.600. The molecule has 18 heavy (non-hydrogen) atoms. The Balaban J connectivity index is 2.12. The molecular weight excluding hydrogens is 312 g/mol. The number of alkyl halides is 1. The number of rotatable bonds is 4. The van der Waals surface area contributed by atoms with E-state index in [2.05, 4.69) is 22.9 Å². The van der Waals surface area contributed by atoms with Gasteiger partial charge in [0, 0.05) is 10.0 Å². The monoisotopic (exact) mass is 330 g/mol. The largest absolute Gasteiger partial charge is 0.490 e. The molecule has 0 aliphatic heterocycles. The van der Waals surface area contributed by atoms with Gasteiger partial charge in [0.15, 0.2) is 0 Å². The van der Waals surface area contributed by atoms with Crippen LogP contribution in [0.1, 0.15) is 44.6 Å². The Kier molecular flexibility index (Phi) is 5.38. The van der Waals surface area contributed by atoms with Gasteiger partial charge in [-0.2, -0.15) is 0 Å². The van der Waals surface area contributed by atoms with Crippen LogP contribution in [0.15, 0.2) is 22.7 Å². The van der Waals surface area contributed by atoms with Gasteiger partial charge in [0.2, 0.25) is 0 Å². The molecule has 3 heteroatoms. The minimum atomic E-state index is 0.367. The van der Waals surface area contributed by atoms with E-state index in [1.54, 1.807) is 0 Å². The molecule has 1 saturated carbocycles. The highest BCUT2D eigenvalue weighted by atomic mass is 79.9. The van der Waals surface area contributed by atoms with Crippen LogP contribution < -0.4 is 4.74 Å². The maximum absolute atomic E-state index is 6.23. The maximum Gasteiger partial charge on any atom is 0.124 e. The van der Waals surface area contributed by atoms with Crippen molar-refractivity contribution in [3.63, 3.8) is 0 Å². The first kappa shape index (κ1) is 14.2. The molecule has 0 amide bonds. The fourth-order valence-electron chi connectivity index (χ4n) is 2.73. The molecule has 0 N–H and O–H groups in total. The van der Waals surface area contributed by atoms with Crippen LogP contribution in [0.2, 0.25) is 0 Å². The second-order valence-corrected chi connectivity index (χ2v) is 6.18. The number of ether oxygens (including phenoxy) is 1. The van der Waals surface area contributed by atoms with Gasteiger partial charge in [-0.25, -0.2) is 0 Å². The third-order valence-electron chi connectivity index (χ3n) is 3.81. The van der Waals surface area contributed by atoms with Crippen molar-refractivity contribution in [2.45, 2.75) is 51.0 Å². The highest BCUT2D eigenvalue weighted by Gasteiger charge is 2.25. The molecule has 0 spiro atoms. The van der Waals surface area contributed by atoms with Crippen LogP contribution in [0.25, 0.3) is 0 Å². The van der Waals surface area contributed by atoms with E-state index in [4.69, 9.17) is 16.3 Å². The summed E-state index contributed by atoms with van der Waals surface area (Å²) in [5.74, 6) is 2.15. The van der Waals surface area contributed by atoms with Crippen LogP contribution in [-0.4, -0.2) is 6.10 Å². The molecule has 0 bridgehead atoms. The van der Waals surface area contributed by atoms with Crippen molar-refractivity contribution in [1.29, 1.82) is 0 Å². The summed E-state index contributed by atoms with van der Waals surface area (Å²) in [7, 11) is 0. The summed E-state index contributed by atoms with van der Waals surface area (Å²) in [5, 5.41) is 0. The van der Waals surface area contributed by atoms with E-state index in [1.165, 1.54) is 32.1 Å². The zero-order valence-corrected chi connectivity index (χ0v) is 13.1. The van der Waals surface area contributed by atoms with E-state index in [0.717, 1.165) is 15.8 Å². The van der Waals surface area contributed by atoms with Crippen LogP contribution in [-0.2, 0) is 5.88 Å². The molecule has 1 aliphatic carbocycles. The lowest BCUT2D eigenvalue weighted by atomic mass is 9.84. The molecule has 0 radical (unpaired) electrons. The first-order chi connectivity index (χ1) is 8.74. The van der Waals surface area contributed by atoms with Gasteiger partial charge in [0.25, 0.3) is 0 Å². The van der Waals surface area contributed by atoms with Gasteiger partial charge in [-0.05, 0) is 49.8 Å². The van der Waals surface area contributed by atoms with Gasteiger partial charge in [-0.15, -0.1) is 11.6 Å². The van der Waals surface area contributed by atoms with E-state index in [0.29, 0.717) is 17.9 Å². The van der Waals surface area contributed by atoms with Crippen LogP contribution in [0.5, 0.6) is 5.75 Å². The first-order valence-electron chi connectivity index (χ1n) is 6.75. The molecule has 2 unspecified atom stereocenters. The minimum absolute atomic E-state index is 0.367. The fourth-order valence-corrected chi connectivity index (χ4v) is 3.34. The average molecular weight is 332 g/mol. The Morgan fingerprint density at radius 2 is 2.11 bits per heavy atom. The van der Waals surface area contributed by atoms with Crippen molar-refractivity contribution in [1.82, 2.24) is 0 Å². The predicted octanol–water partition coefficient (Wildman–Crippen LogP) is 5.54. The van der Waals surface area contributed by atoms with Crippen molar-refractivity contribution < 1.29 is 4.74 Å². The van der Waals surface area contributed by atoms with Crippen LogP contribution in [0, 0.1) is 5.92 Å². The SMILES string of the molecule is CCC1CCCCC1Oc1ccc(Br)cc1CCl. The summed E-state index contributed by atoms with van der Waals surface area (Å²) in [4.78, 5) is 0.